The summed E-state index contributed by atoms with van der Waals surface area (Å²) < 4.78 is 47.5. The number of carbonyl (C=O) groups excluding carboxylic acids is 1. The first-order valence-electron chi connectivity index (χ1n) is 11.7. The number of rotatable bonds is 9. The highest BCUT2D eigenvalue weighted by atomic mass is 79.9. The second-order valence-corrected chi connectivity index (χ2v) is 11.3. The third kappa shape index (κ3) is 6.12. The normalized spacial score (nSPS) is 11.9. The monoisotopic (exact) mass is 620 g/mol. The van der Waals surface area contributed by atoms with E-state index in [0.717, 1.165) is 11.6 Å². The maximum Gasteiger partial charge on any atom is 0.399 e. The second-order valence-electron chi connectivity index (χ2n) is 8.78. The highest BCUT2D eigenvalue weighted by Gasteiger charge is 2.51. The van der Waals surface area contributed by atoms with Gasteiger partial charge in [0.15, 0.2) is 0 Å². The third-order valence-corrected chi connectivity index (χ3v) is 7.82. The van der Waals surface area contributed by atoms with Gasteiger partial charge in [0.2, 0.25) is 0 Å². The molecule has 2 N–H and O–H groups in total. The van der Waals surface area contributed by atoms with Gasteiger partial charge in [0.1, 0.15) is 0 Å². The van der Waals surface area contributed by atoms with Crippen LogP contribution in [0.25, 0.3) is 11.3 Å². The summed E-state index contributed by atoms with van der Waals surface area (Å²) in [4.78, 5) is 43.5. The van der Waals surface area contributed by atoms with Crippen LogP contribution in [0.4, 0.5) is 8.78 Å². The Labute approximate surface area is 230 Å². The van der Waals surface area contributed by atoms with Crippen molar-refractivity contribution in [3.63, 3.8) is 0 Å². The zero-order valence-corrected chi connectivity index (χ0v) is 23.1. The van der Waals surface area contributed by atoms with Crippen LogP contribution in [0.15, 0.2) is 88.3 Å². The van der Waals surface area contributed by atoms with Gasteiger partial charge >= 0.3 is 24.9 Å². The summed E-state index contributed by atoms with van der Waals surface area (Å²) >= 11 is 3.00. The molecular weight excluding hydrogens is 597 g/mol. The summed E-state index contributed by atoms with van der Waals surface area (Å²) in [5.74, 6) is -0.503. The van der Waals surface area contributed by atoms with E-state index in [1.165, 1.54) is 23.8 Å². The van der Waals surface area contributed by atoms with Crippen molar-refractivity contribution in [3.05, 3.63) is 116 Å². The molecule has 204 valence electrons. The van der Waals surface area contributed by atoms with Crippen molar-refractivity contribution in [1.29, 1.82) is 0 Å². The lowest BCUT2D eigenvalue weighted by atomic mass is 10.1. The Hall–Kier alpha value is -3.37. The average Bonchev–Trinajstić information content (AvgIpc) is 3.21. The van der Waals surface area contributed by atoms with E-state index in [4.69, 9.17) is 14.5 Å². The summed E-state index contributed by atoms with van der Waals surface area (Å²) in [5, 5.41) is 0. The van der Waals surface area contributed by atoms with Crippen molar-refractivity contribution in [2.24, 2.45) is 0 Å². The van der Waals surface area contributed by atoms with Crippen LogP contribution in [0.5, 0.6) is 0 Å². The fraction of sp³-hybridized carbons (Fsp3) is 0.185. The fourth-order valence-corrected chi connectivity index (χ4v) is 5.44. The van der Waals surface area contributed by atoms with E-state index in [-0.39, 0.29) is 16.7 Å². The molecule has 0 saturated heterocycles. The highest BCUT2D eigenvalue weighted by molar-refractivity contribution is 9.10. The molecule has 0 aliphatic heterocycles. The number of halogens is 3. The molecule has 39 heavy (non-hydrogen) atoms. The molecule has 0 aliphatic rings. The van der Waals surface area contributed by atoms with Gasteiger partial charge in [0, 0.05) is 22.8 Å². The van der Waals surface area contributed by atoms with Crippen molar-refractivity contribution in [1.82, 2.24) is 9.13 Å². The molecule has 0 bridgehead atoms. The molecule has 0 radical (unpaired) electrons. The van der Waals surface area contributed by atoms with Crippen LogP contribution < -0.4 is 5.69 Å². The van der Waals surface area contributed by atoms with Gasteiger partial charge in [-0.2, -0.15) is 8.78 Å². The molecule has 0 saturated carbocycles. The van der Waals surface area contributed by atoms with Gasteiger partial charge in [-0.15, -0.1) is 0 Å². The van der Waals surface area contributed by atoms with Crippen LogP contribution in [0.1, 0.15) is 27.0 Å². The largest absolute Gasteiger partial charge is 0.465 e. The summed E-state index contributed by atoms with van der Waals surface area (Å²) in [6.07, 6.45) is 2.30. The minimum atomic E-state index is -5.75. The molecule has 0 aliphatic carbocycles. The Morgan fingerprint density at radius 1 is 1.03 bits per heavy atom. The standard InChI is InChI=1S/C27H24BrF2N2O6P/c1-38-25(33)21-10-8-20(9-11-21)24-17-31(14-13-18-5-3-2-4-6-18)26(34)32(24)16-19-7-12-22(23(28)15-19)27(29,30)39(35,36)37/h2-12,15,17H,13-14,16H2,1H3,(H2,35,36,37). The molecule has 12 heteroatoms. The van der Waals surface area contributed by atoms with Gasteiger partial charge in [-0.1, -0.05) is 70.5 Å². The Morgan fingerprint density at radius 3 is 2.28 bits per heavy atom. The zero-order valence-electron chi connectivity index (χ0n) is 20.6. The van der Waals surface area contributed by atoms with E-state index >= 15 is 0 Å². The predicted octanol–water partition coefficient (Wildman–Crippen LogP) is 5.38. The summed E-state index contributed by atoms with van der Waals surface area (Å²) in [7, 11) is -4.48. The van der Waals surface area contributed by atoms with E-state index in [1.54, 1.807) is 35.0 Å². The van der Waals surface area contributed by atoms with E-state index in [0.29, 0.717) is 35.3 Å². The molecular formula is C27H24BrF2N2O6P. The van der Waals surface area contributed by atoms with E-state index in [1.807, 2.05) is 30.3 Å². The number of ether oxygens (including phenoxy) is 1. The maximum absolute atomic E-state index is 14.3. The Balaban J connectivity index is 1.72. The van der Waals surface area contributed by atoms with Gasteiger partial charge in [0.05, 0.1) is 24.9 Å². The quantitative estimate of drug-likeness (QED) is 0.192. The van der Waals surface area contributed by atoms with Crippen molar-refractivity contribution >= 4 is 29.5 Å². The molecule has 8 nitrogen and oxygen atoms in total. The van der Waals surface area contributed by atoms with Crippen molar-refractivity contribution in [3.8, 4) is 11.3 Å². The summed E-state index contributed by atoms with van der Waals surface area (Å²) in [5.41, 5.74) is -2.57. The fourth-order valence-electron chi connectivity index (χ4n) is 4.10. The van der Waals surface area contributed by atoms with Gasteiger partial charge in [-0.05, 0) is 41.3 Å². The SMILES string of the molecule is COC(=O)c1ccc(-c2cn(CCc3ccccc3)c(=O)n2Cc2ccc(C(F)(F)P(=O)(O)O)c(Br)c2)cc1. The molecule has 0 fully saturated rings. The Bertz CT molecular complexity index is 1600. The summed E-state index contributed by atoms with van der Waals surface area (Å²) in [6, 6.07) is 19.7. The number of carbonyl (C=O) groups is 1. The number of hydrogen-bond donors (Lipinski definition) is 2. The third-order valence-electron chi connectivity index (χ3n) is 6.20. The van der Waals surface area contributed by atoms with Crippen LogP contribution >= 0.6 is 23.5 Å². The molecule has 0 atom stereocenters. The number of nitrogens with zero attached hydrogens (tertiary/aromatic N) is 2. The number of methoxy groups -OCH3 is 1. The Morgan fingerprint density at radius 2 is 1.69 bits per heavy atom. The first-order valence-corrected chi connectivity index (χ1v) is 14.1. The molecule has 0 amide bonds. The van der Waals surface area contributed by atoms with E-state index < -0.39 is 24.8 Å². The number of alkyl halides is 2. The highest BCUT2D eigenvalue weighted by Crippen LogP contribution is 2.60. The van der Waals surface area contributed by atoms with E-state index in [9.17, 15) is 22.9 Å². The van der Waals surface area contributed by atoms with Gasteiger partial charge < -0.3 is 14.5 Å². The number of imidazole rings is 1. The summed E-state index contributed by atoms with van der Waals surface area (Å²) in [6.45, 7) is 0.381. The lowest BCUT2D eigenvalue weighted by Gasteiger charge is -2.19. The molecule has 4 aromatic rings. The van der Waals surface area contributed by atoms with Gasteiger partial charge in [0.25, 0.3) is 0 Å². The first kappa shape index (κ1) is 28.6. The van der Waals surface area contributed by atoms with Crippen LogP contribution in [0.3, 0.4) is 0 Å². The minimum absolute atomic E-state index is 0.00831. The van der Waals surface area contributed by atoms with Crippen molar-refractivity contribution < 1.29 is 32.7 Å². The van der Waals surface area contributed by atoms with Gasteiger partial charge in [-0.25, -0.2) is 9.59 Å². The van der Waals surface area contributed by atoms with Crippen LogP contribution in [0, 0.1) is 0 Å². The molecule has 4 rings (SSSR count). The zero-order chi connectivity index (χ0) is 28.4. The lowest BCUT2D eigenvalue weighted by molar-refractivity contribution is 0.0557. The van der Waals surface area contributed by atoms with Crippen molar-refractivity contribution in [2.75, 3.05) is 7.11 Å². The first-order chi connectivity index (χ1) is 18.4. The average molecular weight is 621 g/mol. The molecule has 0 spiro atoms. The number of hydrogen-bond acceptors (Lipinski definition) is 4. The van der Waals surface area contributed by atoms with E-state index in [2.05, 4.69) is 15.9 Å². The smallest absolute Gasteiger partial charge is 0.399 e. The topological polar surface area (TPSA) is 111 Å². The molecule has 3 aromatic carbocycles. The number of aromatic nitrogens is 2. The molecule has 1 heterocycles. The lowest BCUT2D eigenvalue weighted by Crippen LogP contribution is -2.25. The second kappa shape index (κ2) is 11.4. The van der Waals surface area contributed by atoms with Crippen molar-refractivity contribution in [2.45, 2.75) is 25.2 Å². The van der Waals surface area contributed by atoms with Crippen LogP contribution in [-0.4, -0.2) is 32.0 Å². The number of aryl methyl sites for hydroxylation is 2. The van der Waals surface area contributed by atoms with Crippen LogP contribution in [0.2, 0.25) is 0 Å². The predicted molar refractivity (Wildman–Crippen MR) is 145 cm³/mol. The van der Waals surface area contributed by atoms with Gasteiger partial charge in [-0.3, -0.25) is 13.7 Å². The number of esters is 1. The molecule has 1 aromatic heterocycles. The number of benzene rings is 3. The Kier molecular flexibility index (Phi) is 8.37. The molecule has 0 unspecified atom stereocenters. The minimum Gasteiger partial charge on any atom is -0.465 e. The van der Waals surface area contributed by atoms with Crippen LogP contribution in [-0.2, 0) is 34.5 Å². The maximum atomic E-state index is 14.3.